The molecule has 0 aliphatic carbocycles. The summed E-state index contributed by atoms with van der Waals surface area (Å²) < 4.78 is 31.4. The summed E-state index contributed by atoms with van der Waals surface area (Å²) in [5.74, 6) is -0.464. The molecule has 1 amide bonds. The van der Waals surface area contributed by atoms with Crippen molar-refractivity contribution in [1.82, 2.24) is 4.72 Å². The molecule has 9 heteroatoms. The number of carboxylic acids is 1. The molecule has 0 saturated carbocycles. The number of rotatable bonds is 9. The van der Waals surface area contributed by atoms with Crippen LogP contribution in [0.3, 0.4) is 0 Å². The number of hydrogen-bond donors (Lipinski definition) is 3. The van der Waals surface area contributed by atoms with E-state index in [1.165, 1.54) is 0 Å². The molecule has 184 valence electrons. The van der Waals surface area contributed by atoms with Crippen LogP contribution in [0.15, 0.2) is 84.9 Å². The van der Waals surface area contributed by atoms with Crippen LogP contribution in [0, 0.1) is 0 Å². The van der Waals surface area contributed by atoms with E-state index in [-0.39, 0.29) is 18.9 Å². The van der Waals surface area contributed by atoms with E-state index in [1.54, 1.807) is 42.5 Å². The number of nitrogens with one attached hydrogen (secondary N) is 2. The largest absolute Gasteiger partial charge is 0.481 e. The quantitative estimate of drug-likeness (QED) is 0.307. The fourth-order valence-corrected chi connectivity index (χ4v) is 4.05. The van der Waals surface area contributed by atoms with E-state index in [0.717, 1.165) is 17.0 Å². The number of amides is 1. The van der Waals surface area contributed by atoms with Gasteiger partial charge in [0.2, 0.25) is 10.0 Å². The van der Waals surface area contributed by atoms with Crippen molar-refractivity contribution in [3.63, 3.8) is 0 Å². The predicted molar refractivity (Wildman–Crippen MR) is 138 cm³/mol. The van der Waals surface area contributed by atoms with Crippen molar-refractivity contribution >= 4 is 38.4 Å². The van der Waals surface area contributed by atoms with Gasteiger partial charge in [0, 0.05) is 23.4 Å². The van der Waals surface area contributed by atoms with Gasteiger partial charge in [-0.2, -0.15) is 0 Å². The Bertz CT molecular complexity index is 1530. The first-order valence-electron chi connectivity index (χ1n) is 11.0. The standard InChI is InChI=1S/C27H24N2O6S/c1-36(33,34)28-17-22-14-18(15-26(30)31)6-13-25(22)35-24-11-8-20(9-12-24)27(32)29-23-10-7-19-4-2-3-5-21(19)16-23/h2-14,16,28H,15,17H2,1H3,(H,29,32)(H,30,31). The maximum absolute atomic E-state index is 12.7. The van der Waals surface area contributed by atoms with Crippen molar-refractivity contribution in [1.29, 1.82) is 0 Å². The number of carbonyl (C=O) groups excluding carboxylic acids is 1. The lowest BCUT2D eigenvalue weighted by Gasteiger charge is -2.13. The molecule has 0 spiro atoms. The third-order valence-electron chi connectivity index (χ3n) is 5.36. The zero-order valence-electron chi connectivity index (χ0n) is 19.4. The van der Waals surface area contributed by atoms with Gasteiger partial charge < -0.3 is 15.2 Å². The van der Waals surface area contributed by atoms with Crippen molar-refractivity contribution in [3.8, 4) is 11.5 Å². The predicted octanol–water partition coefficient (Wildman–Crippen LogP) is 4.56. The molecule has 0 aromatic heterocycles. The van der Waals surface area contributed by atoms with Gasteiger partial charge in [-0.05, 0) is 58.8 Å². The van der Waals surface area contributed by atoms with Crippen LogP contribution >= 0.6 is 0 Å². The number of ether oxygens (including phenoxy) is 1. The number of benzene rings is 4. The Kier molecular flexibility index (Phi) is 7.33. The highest BCUT2D eigenvalue weighted by molar-refractivity contribution is 7.88. The normalized spacial score (nSPS) is 11.2. The van der Waals surface area contributed by atoms with Gasteiger partial charge in [0.1, 0.15) is 11.5 Å². The van der Waals surface area contributed by atoms with E-state index in [0.29, 0.717) is 33.9 Å². The molecular weight excluding hydrogens is 480 g/mol. The highest BCUT2D eigenvalue weighted by Crippen LogP contribution is 2.27. The molecule has 0 saturated heterocycles. The molecule has 0 aliphatic rings. The van der Waals surface area contributed by atoms with Crippen LogP contribution in [-0.4, -0.2) is 31.7 Å². The topological polar surface area (TPSA) is 122 Å². The van der Waals surface area contributed by atoms with Crippen LogP contribution in [0.2, 0.25) is 0 Å². The monoisotopic (exact) mass is 504 g/mol. The lowest BCUT2D eigenvalue weighted by Crippen LogP contribution is -2.21. The first kappa shape index (κ1) is 24.9. The summed E-state index contributed by atoms with van der Waals surface area (Å²) in [6.07, 6.45) is 0.837. The number of carboxylic acid groups (broad SMARTS) is 1. The molecule has 3 N–H and O–H groups in total. The van der Waals surface area contributed by atoms with Crippen LogP contribution in [0.1, 0.15) is 21.5 Å². The van der Waals surface area contributed by atoms with E-state index in [1.807, 2.05) is 42.5 Å². The third kappa shape index (κ3) is 6.68. The molecule has 0 radical (unpaired) electrons. The van der Waals surface area contributed by atoms with Gasteiger partial charge in [-0.3, -0.25) is 9.59 Å². The van der Waals surface area contributed by atoms with Gasteiger partial charge in [-0.25, -0.2) is 13.1 Å². The highest BCUT2D eigenvalue weighted by atomic mass is 32.2. The lowest BCUT2D eigenvalue weighted by molar-refractivity contribution is -0.136. The molecule has 0 atom stereocenters. The Morgan fingerprint density at radius 1 is 0.889 bits per heavy atom. The second-order valence-corrected chi connectivity index (χ2v) is 10.1. The second-order valence-electron chi connectivity index (χ2n) is 8.25. The average molecular weight is 505 g/mol. The Labute approximate surface area is 208 Å². The van der Waals surface area contributed by atoms with E-state index in [2.05, 4.69) is 10.0 Å². The van der Waals surface area contributed by atoms with E-state index >= 15 is 0 Å². The molecule has 0 unspecified atom stereocenters. The van der Waals surface area contributed by atoms with Crippen LogP contribution in [0.5, 0.6) is 11.5 Å². The zero-order chi connectivity index (χ0) is 25.7. The van der Waals surface area contributed by atoms with E-state index in [4.69, 9.17) is 9.84 Å². The Balaban J connectivity index is 1.48. The molecule has 0 heterocycles. The van der Waals surface area contributed by atoms with Crippen LogP contribution in [-0.2, 0) is 27.8 Å². The smallest absolute Gasteiger partial charge is 0.307 e. The average Bonchev–Trinajstić information content (AvgIpc) is 2.83. The Hall–Kier alpha value is -4.21. The van der Waals surface area contributed by atoms with Gasteiger partial charge in [0.05, 0.1) is 12.7 Å². The van der Waals surface area contributed by atoms with Crippen molar-refractivity contribution in [2.45, 2.75) is 13.0 Å². The number of sulfonamides is 1. The molecule has 0 aliphatic heterocycles. The van der Waals surface area contributed by atoms with Gasteiger partial charge in [-0.15, -0.1) is 0 Å². The lowest BCUT2D eigenvalue weighted by atomic mass is 10.1. The first-order valence-corrected chi connectivity index (χ1v) is 12.9. The van der Waals surface area contributed by atoms with Gasteiger partial charge in [0.25, 0.3) is 5.91 Å². The minimum Gasteiger partial charge on any atom is -0.481 e. The number of carbonyl (C=O) groups is 2. The summed E-state index contributed by atoms with van der Waals surface area (Å²) in [5.41, 5.74) is 2.12. The summed E-state index contributed by atoms with van der Waals surface area (Å²) in [4.78, 5) is 23.8. The fourth-order valence-electron chi connectivity index (χ4n) is 3.64. The molecule has 4 aromatic rings. The molecule has 0 fully saturated rings. The minimum atomic E-state index is -3.47. The zero-order valence-corrected chi connectivity index (χ0v) is 20.2. The van der Waals surface area contributed by atoms with Crippen LogP contribution in [0.25, 0.3) is 10.8 Å². The summed E-state index contributed by atoms with van der Waals surface area (Å²) in [6, 6.07) is 24.9. The Morgan fingerprint density at radius 3 is 2.31 bits per heavy atom. The molecule has 36 heavy (non-hydrogen) atoms. The van der Waals surface area contributed by atoms with Crippen LogP contribution < -0.4 is 14.8 Å². The number of fused-ring (bicyclic) bond motifs is 1. The third-order valence-corrected chi connectivity index (χ3v) is 6.03. The van der Waals surface area contributed by atoms with Crippen LogP contribution in [0.4, 0.5) is 5.69 Å². The van der Waals surface area contributed by atoms with Gasteiger partial charge >= 0.3 is 5.97 Å². The molecule has 4 aromatic carbocycles. The number of hydrogen-bond acceptors (Lipinski definition) is 5. The summed E-state index contributed by atoms with van der Waals surface area (Å²) in [5, 5.41) is 14.1. The maximum atomic E-state index is 12.7. The van der Waals surface area contributed by atoms with E-state index in [9.17, 15) is 18.0 Å². The van der Waals surface area contributed by atoms with Gasteiger partial charge in [0.15, 0.2) is 0 Å². The summed E-state index contributed by atoms with van der Waals surface area (Å²) >= 11 is 0. The molecule has 8 nitrogen and oxygen atoms in total. The van der Waals surface area contributed by atoms with Crippen molar-refractivity contribution < 1.29 is 27.9 Å². The van der Waals surface area contributed by atoms with Crippen molar-refractivity contribution in [2.75, 3.05) is 11.6 Å². The second kappa shape index (κ2) is 10.6. The van der Waals surface area contributed by atoms with E-state index < -0.39 is 16.0 Å². The SMILES string of the molecule is CS(=O)(=O)NCc1cc(CC(=O)O)ccc1Oc1ccc(C(=O)Nc2ccc3ccccc3c2)cc1. The van der Waals surface area contributed by atoms with Crippen molar-refractivity contribution in [2.24, 2.45) is 0 Å². The first-order chi connectivity index (χ1) is 17.2. The van der Waals surface area contributed by atoms with Crippen molar-refractivity contribution in [3.05, 3.63) is 102 Å². The minimum absolute atomic E-state index is 0.0616. The summed E-state index contributed by atoms with van der Waals surface area (Å²) in [7, 11) is -3.47. The van der Waals surface area contributed by atoms with Gasteiger partial charge in [-0.1, -0.05) is 42.5 Å². The highest BCUT2D eigenvalue weighted by Gasteiger charge is 2.12. The molecule has 4 rings (SSSR count). The number of aliphatic carboxylic acids is 1. The molecule has 0 bridgehead atoms. The fraction of sp³-hybridized carbons (Fsp3) is 0.111. The summed E-state index contributed by atoms with van der Waals surface area (Å²) in [6.45, 7) is -0.0616. The maximum Gasteiger partial charge on any atom is 0.307 e. The number of anilines is 1. The molecular formula is C27H24N2O6S. The Morgan fingerprint density at radius 2 is 1.61 bits per heavy atom.